The van der Waals surface area contributed by atoms with E-state index in [2.05, 4.69) is 10.1 Å². The summed E-state index contributed by atoms with van der Waals surface area (Å²) in [5.41, 5.74) is 3.36. The number of nitrogens with zero attached hydrogens (tertiary/aromatic N) is 3. The Hall–Kier alpha value is -3.86. The zero-order valence-electron chi connectivity index (χ0n) is 14.3. The molecule has 0 fully saturated rings. The summed E-state index contributed by atoms with van der Waals surface area (Å²) < 4.78 is 13.4. The van der Waals surface area contributed by atoms with Crippen LogP contribution in [-0.4, -0.2) is 14.8 Å². The van der Waals surface area contributed by atoms with Gasteiger partial charge in [-0.3, -0.25) is 0 Å². The number of oxazole rings is 1. The summed E-state index contributed by atoms with van der Waals surface area (Å²) in [6.45, 7) is 0. The third kappa shape index (κ3) is 3.06. The fraction of sp³-hybridized carbons (Fsp3) is 0. The first kappa shape index (κ1) is 15.4. The van der Waals surface area contributed by atoms with Gasteiger partial charge in [0.05, 0.1) is 17.4 Å². The van der Waals surface area contributed by atoms with Gasteiger partial charge in [0.25, 0.3) is 0 Å². The SMILES string of the molecule is c1ccc(Oc2ccc(-n3cc(-c4nc5ccccc5o4)cn3)cc2)cc1. The molecule has 0 spiro atoms. The number of fused-ring (bicyclic) bond motifs is 1. The number of hydrogen-bond acceptors (Lipinski definition) is 4. The first-order valence-electron chi connectivity index (χ1n) is 8.59. The van der Waals surface area contributed by atoms with Crippen molar-refractivity contribution in [1.82, 2.24) is 14.8 Å². The summed E-state index contributed by atoms with van der Waals surface area (Å²) in [5, 5.41) is 4.42. The summed E-state index contributed by atoms with van der Waals surface area (Å²) >= 11 is 0. The van der Waals surface area contributed by atoms with Crippen molar-refractivity contribution in [2.75, 3.05) is 0 Å². The zero-order valence-corrected chi connectivity index (χ0v) is 14.3. The van der Waals surface area contributed by atoms with Gasteiger partial charge in [-0.25, -0.2) is 9.67 Å². The van der Waals surface area contributed by atoms with Crippen molar-refractivity contribution in [1.29, 1.82) is 0 Å². The lowest BCUT2D eigenvalue weighted by atomic mass is 10.3. The van der Waals surface area contributed by atoms with Gasteiger partial charge in [-0.05, 0) is 48.5 Å². The van der Waals surface area contributed by atoms with Crippen LogP contribution in [0, 0.1) is 0 Å². The highest BCUT2D eigenvalue weighted by Crippen LogP contribution is 2.26. The molecule has 0 bridgehead atoms. The second-order valence-electron chi connectivity index (χ2n) is 6.07. The van der Waals surface area contributed by atoms with Gasteiger partial charge in [0.2, 0.25) is 5.89 Å². The van der Waals surface area contributed by atoms with Crippen molar-refractivity contribution in [2.24, 2.45) is 0 Å². The molecule has 0 aliphatic heterocycles. The third-order valence-corrected chi connectivity index (χ3v) is 4.20. The van der Waals surface area contributed by atoms with Crippen molar-refractivity contribution >= 4 is 11.1 Å². The maximum absolute atomic E-state index is 5.82. The van der Waals surface area contributed by atoms with E-state index in [9.17, 15) is 0 Å². The highest BCUT2D eigenvalue weighted by atomic mass is 16.5. The fourth-order valence-electron chi connectivity index (χ4n) is 2.86. The van der Waals surface area contributed by atoms with Crippen LogP contribution < -0.4 is 4.74 Å². The molecule has 2 aromatic heterocycles. The quantitative estimate of drug-likeness (QED) is 0.430. The number of rotatable bonds is 4. The lowest BCUT2D eigenvalue weighted by molar-refractivity contribution is 0.482. The largest absolute Gasteiger partial charge is 0.457 e. The summed E-state index contributed by atoms with van der Waals surface area (Å²) in [4.78, 5) is 4.51. The van der Waals surface area contributed by atoms with Gasteiger partial charge < -0.3 is 9.15 Å². The van der Waals surface area contributed by atoms with Gasteiger partial charge in [-0.15, -0.1) is 0 Å². The van der Waals surface area contributed by atoms with Crippen molar-refractivity contribution in [3.63, 3.8) is 0 Å². The van der Waals surface area contributed by atoms with E-state index >= 15 is 0 Å². The molecule has 0 amide bonds. The van der Waals surface area contributed by atoms with E-state index in [0.717, 1.165) is 33.8 Å². The standard InChI is InChI=1S/C22H15N3O2/c1-2-6-18(7-3-1)26-19-12-10-17(11-13-19)25-15-16(14-23-25)22-24-20-8-4-5-9-21(20)27-22/h1-15H. The average Bonchev–Trinajstić information content (AvgIpc) is 3.36. The topological polar surface area (TPSA) is 53.1 Å². The number of hydrogen-bond donors (Lipinski definition) is 0. The number of ether oxygens (including phenoxy) is 1. The third-order valence-electron chi connectivity index (χ3n) is 4.20. The van der Waals surface area contributed by atoms with E-state index in [0.29, 0.717) is 5.89 Å². The fourth-order valence-corrected chi connectivity index (χ4v) is 2.86. The Morgan fingerprint density at radius 3 is 2.33 bits per heavy atom. The minimum atomic E-state index is 0.562. The molecule has 0 radical (unpaired) electrons. The van der Waals surface area contributed by atoms with Crippen LogP contribution >= 0.6 is 0 Å². The molecule has 0 atom stereocenters. The molecule has 5 aromatic rings. The Labute approximate surface area is 155 Å². The second kappa shape index (κ2) is 6.46. The molecule has 3 aromatic carbocycles. The molecular weight excluding hydrogens is 338 g/mol. The predicted octanol–water partition coefficient (Wildman–Crippen LogP) is 5.47. The van der Waals surface area contributed by atoms with Crippen LogP contribution in [0.25, 0.3) is 28.2 Å². The molecule has 0 saturated carbocycles. The molecule has 5 heteroatoms. The van der Waals surface area contributed by atoms with Gasteiger partial charge >= 0.3 is 0 Å². The molecule has 0 N–H and O–H groups in total. The minimum Gasteiger partial charge on any atom is -0.457 e. The Morgan fingerprint density at radius 1 is 0.778 bits per heavy atom. The monoisotopic (exact) mass is 353 g/mol. The van der Waals surface area contributed by atoms with E-state index < -0.39 is 0 Å². The van der Waals surface area contributed by atoms with E-state index in [1.165, 1.54) is 0 Å². The first-order chi connectivity index (χ1) is 13.3. The molecule has 27 heavy (non-hydrogen) atoms. The number of para-hydroxylation sites is 3. The van der Waals surface area contributed by atoms with Crippen LogP contribution in [0.15, 0.2) is 95.7 Å². The van der Waals surface area contributed by atoms with Crippen LogP contribution in [0.5, 0.6) is 11.5 Å². The number of aromatic nitrogens is 3. The summed E-state index contributed by atoms with van der Waals surface area (Å²) in [6, 6.07) is 25.2. The Morgan fingerprint density at radius 2 is 1.52 bits per heavy atom. The second-order valence-corrected chi connectivity index (χ2v) is 6.07. The van der Waals surface area contributed by atoms with Gasteiger partial charge in [-0.2, -0.15) is 5.10 Å². The van der Waals surface area contributed by atoms with E-state index in [-0.39, 0.29) is 0 Å². The zero-order chi connectivity index (χ0) is 18.1. The van der Waals surface area contributed by atoms with E-state index in [1.807, 2.05) is 85.1 Å². The Bertz CT molecular complexity index is 1160. The highest BCUT2D eigenvalue weighted by Gasteiger charge is 2.10. The lowest BCUT2D eigenvalue weighted by Gasteiger charge is -2.06. The average molecular weight is 353 g/mol. The van der Waals surface area contributed by atoms with Crippen molar-refractivity contribution < 1.29 is 9.15 Å². The maximum atomic E-state index is 5.82. The highest BCUT2D eigenvalue weighted by molar-refractivity contribution is 5.75. The van der Waals surface area contributed by atoms with E-state index in [1.54, 1.807) is 10.9 Å². The molecule has 2 heterocycles. The molecule has 5 nitrogen and oxygen atoms in total. The molecule has 0 unspecified atom stereocenters. The summed E-state index contributed by atoms with van der Waals surface area (Å²) in [5.74, 6) is 2.14. The molecule has 130 valence electrons. The Kier molecular flexibility index (Phi) is 3.68. The van der Waals surface area contributed by atoms with Gasteiger partial charge in [-0.1, -0.05) is 30.3 Å². The molecule has 0 aliphatic rings. The van der Waals surface area contributed by atoms with Gasteiger partial charge in [0.15, 0.2) is 5.58 Å². The van der Waals surface area contributed by atoms with Gasteiger partial charge in [0, 0.05) is 6.20 Å². The molecule has 0 saturated heterocycles. The Balaban J connectivity index is 1.39. The predicted molar refractivity (Wildman–Crippen MR) is 103 cm³/mol. The minimum absolute atomic E-state index is 0.562. The molecule has 0 aliphatic carbocycles. The first-order valence-corrected chi connectivity index (χ1v) is 8.59. The lowest BCUT2D eigenvalue weighted by Crippen LogP contribution is -1.93. The summed E-state index contributed by atoms with van der Waals surface area (Å²) in [6.07, 6.45) is 3.65. The molecular formula is C22H15N3O2. The van der Waals surface area contributed by atoms with Crippen LogP contribution in [-0.2, 0) is 0 Å². The number of benzene rings is 3. The van der Waals surface area contributed by atoms with Crippen LogP contribution in [0.2, 0.25) is 0 Å². The van der Waals surface area contributed by atoms with Crippen LogP contribution in [0.4, 0.5) is 0 Å². The smallest absolute Gasteiger partial charge is 0.230 e. The maximum Gasteiger partial charge on any atom is 0.230 e. The van der Waals surface area contributed by atoms with Gasteiger partial charge in [0.1, 0.15) is 17.0 Å². The normalized spacial score (nSPS) is 11.0. The van der Waals surface area contributed by atoms with Crippen LogP contribution in [0.1, 0.15) is 0 Å². The van der Waals surface area contributed by atoms with Crippen molar-refractivity contribution in [3.8, 4) is 28.6 Å². The van der Waals surface area contributed by atoms with E-state index in [4.69, 9.17) is 9.15 Å². The van der Waals surface area contributed by atoms with Crippen LogP contribution in [0.3, 0.4) is 0 Å². The molecule has 5 rings (SSSR count). The van der Waals surface area contributed by atoms with Crippen molar-refractivity contribution in [2.45, 2.75) is 0 Å². The summed E-state index contributed by atoms with van der Waals surface area (Å²) in [7, 11) is 0. The van der Waals surface area contributed by atoms with Crippen molar-refractivity contribution in [3.05, 3.63) is 91.3 Å².